The normalized spacial score (nSPS) is 24.5. The van der Waals surface area contributed by atoms with E-state index >= 15 is 0 Å². The Morgan fingerprint density at radius 3 is 2.40 bits per heavy atom. The van der Waals surface area contributed by atoms with Crippen molar-refractivity contribution in [3.05, 3.63) is 0 Å². The predicted octanol–water partition coefficient (Wildman–Crippen LogP) is 1.39. The SMILES string of the molecule is CC(C)(C)C(=O)CC1CO1. The van der Waals surface area contributed by atoms with E-state index in [-0.39, 0.29) is 11.5 Å². The van der Waals surface area contributed by atoms with Gasteiger partial charge in [-0.05, 0) is 0 Å². The fourth-order valence-electron chi connectivity index (χ4n) is 0.699. The smallest absolute Gasteiger partial charge is 0.140 e. The topological polar surface area (TPSA) is 29.6 Å². The summed E-state index contributed by atoms with van der Waals surface area (Å²) >= 11 is 0. The summed E-state index contributed by atoms with van der Waals surface area (Å²) < 4.78 is 4.95. The average molecular weight is 142 g/mol. The molecular formula is C8H14O2. The van der Waals surface area contributed by atoms with Gasteiger partial charge in [-0.1, -0.05) is 20.8 Å². The van der Waals surface area contributed by atoms with E-state index < -0.39 is 0 Å². The van der Waals surface area contributed by atoms with Crippen LogP contribution in [0.5, 0.6) is 0 Å². The maximum Gasteiger partial charge on any atom is 0.140 e. The first-order chi connectivity index (χ1) is 4.50. The van der Waals surface area contributed by atoms with Crippen molar-refractivity contribution in [2.75, 3.05) is 6.61 Å². The molecule has 1 atom stereocenters. The van der Waals surface area contributed by atoms with Crippen LogP contribution in [0.15, 0.2) is 0 Å². The van der Waals surface area contributed by atoms with Crippen molar-refractivity contribution >= 4 is 5.78 Å². The molecule has 2 nitrogen and oxygen atoms in total. The molecule has 1 unspecified atom stereocenters. The van der Waals surface area contributed by atoms with Crippen LogP contribution in [-0.4, -0.2) is 18.5 Å². The maximum atomic E-state index is 11.2. The Morgan fingerprint density at radius 2 is 2.10 bits per heavy atom. The van der Waals surface area contributed by atoms with Gasteiger partial charge in [-0.3, -0.25) is 4.79 Å². The number of hydrogen-bond acceptors (Lipinski definition) is 2. The largest absolute Gasteiger partial charge is 0.373 e. The molecule has 1 aliphatic heterocycles. The van der Waals surface area contributed by atoms with Crippen molar-refractivity contribution in [3.8, 4) is 0 Å². The molecular weight excluding hydrogens is 128 g/mol. The van der Waals surface area contributed by atoms with Gasteiger partial charge in [-0.25, -0.2) is 0 Å². The minimum absolute atomic E-state index is 0.189. The lowest BCUT2D eigenvalue weighted by molar-refractivity contribution is -0.126. The lowest BCUT2D eigenvalue weighted by Crippen LogP contribution is -2.21. The molecule has 0 amide bonds. The molecule has 10 heavy (non-hydrogen) atoms. The zero-order valence-electron chi connectivity index (χ0n) is 6.81. The molecule has 0 spiro atoms. The minimum Gasteiger partial charge on any atom is -0.373 e. The van der Waals surface area contributed by atoms with Crippen LogP contribution in [0.4, 0.5) is 0 Å². The summed E-state index contributed by atoms with van der Waals surface area (Å²) in [5, 5.41) is 0. The lowest BCUT2D eigenvalue weighted by Gasteiger charge is -2.14. The van der Waals surface area contributed by atoms with Crippen LogP contribution in [0.2, 0.25) is 0 Å². The number of ether oxygens (including phenoxy) is 1. The number of carbonyl (C=O) groups excluding carboxylic acids is 1. The lowest BCUT2D eigenvalue weighted by atomic mass is 9.88. The molecule has 0 aliphatic carbocycles. The molecule has 0 radical (unpaired) electrons. The molecule has 0 bridgehead atoms. The second-order valence-electron chi connectivity index (χ2n) is 3.83. The molecule has 1 saturated heterocycles. The van der Waals surface area contributed by atoms with E-state index in [0.29, 0.717) is 12.2 Å². The fourth-order valence-corrected chi connectivity index (χ4v) is 0.699. The van der Waals surface area contributed by atoms with E-state index in [1.807, 2.05) is 20.8 Å². The van der Waals surface area contributed by atoms with Crippen molar-refractivity contribution in [1.82, 2.24) is 0 Å². The number of ketones is 1. The van der Waals surface area contributed by atoms with Crippen molar-refractivity contribution < 1.29 is 9.53 Å². The number of epoxide rings is 1. The minimum atomic E-state index is -0.189. The number of rotatable bonds is 2. The summed E-state index contributed by atoms with van der Waals surface area (Å²) in [6.45, 7) is 6.61. The molecule has 58 valence electrons. The highest BCUT2D eigenvalue weighted by atomic mass is 16.6. The Morgan fingerprint density at radius 1 is 1.60 bits per heavy atom. The van der Waals surface area contributed by atoms with Gasteiger partial charge in [0.2, 0.25) is 0 Å². The molecule has 0 saturated carbocycles. The van der Waals surface area contributed by atoms with Crippen LogP contribution < -0.4 is 0 Å². The summed E-state index contributed by atoms with van der Waals surface area (Å²) in [5.74, 6) is 0.301. The average Bonchev–Trinajstić information content (AvgIpc) is 2.47. The quantitative estimate of drug-likeness (QED) is 0.545. The van der Waals surface area contributed by atoms with E-state index in [1.165, 1.54) is 0 Å². The maximum absolute atomic E-state index is 11.2. The summed E-state index contributed by atoms with van der Waals surface area (Å²) in [5.41, 5.74) is -0.189. The van der Waals surface area contributed by atoms with Gasteiger partial charge in [0.05, 0.1) is 12.7 Å². The standard InChI is InChI=1S/C8H14O2/c1-8(2,3)7(9)4-6-5-10-6/h6H,4-5H2,1-3H3. The first-order valence-electron chi connectivity index (χ1n) is 3.65. The van der Waals surface area contributed by atoms with E-state index in [9.17, 15) is 4.79 Å². The Balaban J connectivity index is 2.32. The first-order valence-corrected chi connectivity index (χ1v) is 3.65. The van der Waals surface area contributed by atoms with Crippen molar-refractivity contribution in [3.63, 3.8) is 0 Å². The molecule has 1 fully saturated rings. The molecule has 1 heterocycles. The van der Waals surface area contributed by atoms with Crippen molar-refractivity contribution in [2.45, 2.75) is 33.3 Å². The van der Waals surface area contributed by atoms with E-state index in [2.05, 4.69) is 0 Å². The van der Waals surface area contributed by atoms with Crippen LogP contribution in [-0.2, 0) is 9.53 Å². The Bertz CT molecular complexity index is 140. The van der Waals surface area contributed by atoms with Crippen molar-refractivity contribution in [1.29, 1.82) is 0 Å². The number of hydrogen-bond donors (Lipinski definition) is 0. The fraction of sp³-hybridized carbons (Fsp3) is 0.875. The predicted molar refractivity (Wildman–Crippen MR) is 38.8 cm³/mol. The molecule has 0 aromatic carbocycles. The zero-order valence-corrected chi connectivity index (χ0v) is 6.81. The number of Topliss-reactive ketones (excluding diaryl/α,β-unsaturated/α-hetero) is 1. The monoisotopic (exact) mass is 142 g/mol. The Hall–Kier alpha value is -0.370. The first kappa shape index (κ1) is 7.73. The third kappa shape index (κ3) is 2.10. The van der Waals surface area contributed by atoms with Crippen LogP contribution in [0.3, 0.4) is 0 Å². The summed E-state index contributed by atoms with van der Waals surface area (Å²) in [6.07, 6.45) is 0.843. The van der Waals surface area contributed by atoms with E-state index in [0.717, 1.165) is 6.61 Å². The summed E-state index contributed by atoms with van der Waals surface area (Å²) in [6, 6.07) is 0. The van der Waals surface area contributed by atoms with Gasteiger partial charge in [0.25, 0.3) is 0 Å². The van der Waals surface area contributed by atoms with E-state index in [4.69, 9.17) is 4.74 Å². The third-order valence-corrected chi connectivity index (χ3v) is 1.65. The zero-order chi connectivity index (χ0) is 7.78. The summed E-state index contributed by atoms with van der Waals surface area (Å²) in [7, 11) is 0. The van der Waals surface area contributed by atoms with Gasteiger partial charge in [0, 0.05) is 11.8 Å². The van der Waals surface area contributed by atoms with Gasteiger partial charge >= 0.3 is 0 Å². The van der Waals surface area contributed by atoms with Gasteiger partial charge < -0.3 is 4.74 Å². The Labute approximate surface area is 61.6 Å². The molecule has 0 aromatic rings. The highest BCUT2D eigenvalue weighted by molar-refractivity contribution is 5.84. The van der Waals surface area contributed by atoms with Crippen LogP contribution in [0.25, 0.3) is 0 Å². The van der Waals surface area contributed by atoms with Gasteiger partial charge in [-0.15, -0.1) is 0 Å². The molecule has 0 aromatic heterocycles. The molecule has 0 N–H and O–H groups in total. The van der Waals surface area contributed by atoms with Gasteiger partial charge in [-0.2, -0.15) is 0 Å². The third-order valence-electron chi connectivity index (χ3n) is 1.65. The van der Waals surface area contributed by atoms with Crippen LogP contribution in [0.1, 0.15) is 27.2 Å². The molecule has 1 aliphatic rings. The second kappa shape index (κ2) is 2.35. The highest BCUT2D eigenvalue weighted by Gasteiger charge is 2.30. The molecule has 1 rings (SSSR count). The Kier molecular flexibility index (Phi) is 1.82. The molecule has 2 heteroatoms. The second-order valence-corrected chi connectivity index (χ2v) is 3.83. The van der Waals surface area contributed by atoms with Crippen LogP contribution >= 0.6 is 0 Å². The van der Waals surface area contributed by atoms with Crippen molar-refractivity contribution in [2.24, 2.45) is 5.41 Å². The number of carbonyl (C=O) groups is 1. The van der Waals surface area contributed by atoms with Gasteiger partial charge in [0.15, 0.2) is 0 Å². The van der Waals surface area contributed by atoms with Crippen LogP contribution in [0, 0.1) is 5.41 Å². The highest BCUT2D eigenvalue weighted by Crippen LogP contribution is 2.22. The van der Waals surface area contributed by atoms with Gasteiger partial charge in [0.1, 0.15) is 5.78 Å². The van der Waals surface area contributed by atoms with E-state index in [1.54, 1.807) is 0 Å². The summed E-state index contributed by atoms with van der Waals surface area (Å²) in [4.78, 5) is 11.2.